The Hall–Kier alpha value is -1.32. The Bertz CT molecular complexity index is 452. The molecule has 3 nitrogen and oxygen atoms in total. The van der Waals surface area contributed by atoms with Gasteiger partial charge < -0.3 is 4.74 Å². The van der Waals surface area contributed by atoms with Crippen LogP contribution in [-0.4, -0.2) is 19.6 Å². The van der Waals surface area contributed by atoms with E-state index in [1.807, 2.05) is 0 Å². The van der Waals surface area contributed by atoms with Crippen LogP contribution in [0.4, 0.5) is 26.3 Å². The van der Waals surface area contributed by atoms with Gasteiger partial charge in [0, 0.05) is 12.6 Å². The second-order valence-electron chi connectivity index (χ2n) is 4.21. The molecule has 0 bridgehead atoms. The lowest BCUT2D eigenvalue weighted by Crippen LogP contribution is -2.29. The van der Waals surface area contributed by atoms with Crippen molar-refractivity contribution in [1.29, 1.82) is 0 Å². The molecule has 0 aromatic heterocycles. The topological polar surface area (TPSA) is 47.3 Å². The third-order valence-electron chi connectivity index (χ3n) is 2.70. The first-order valence-corrected chi connectivity index (χ1v) is 5.94. The summed E-state index contributed by atoms with van der Waals surface area (Å²) in [5.74, 6) is 3.80. The number of hydrazine groups is 1. The van der Waals surface area contributed by atoms with Crippen molar-refractivity contribution in [2.75, 3.05) is 13.2 Å². The van der Waals surface area contributed by atoms with Crippen LogP contribution in [0.5, 0.6) is 0 Å². The van der Waals surface area contributed by atoms with Gasteiger partial charge in [0.15, 0.2) is 0 Å². The molecule has 0 heterocycles. The van der Waals surface area contributed by atoms with E-state index in [-0.39, 0.29) is 18.6 Å². The van der Waals surface area contributed by atoms with Crippen LogP contribution >= 0.6 is 0 Å². The summed E-state index contributed by atoms with van der Waals surface area (Å²) in [7, 11) is 0. The van der Waals surface area contributed by atoms with Gasteiger partial charge in [-0.15, -0.1) is 0 Å². The molecule has 0 saturated carbocycles. The summed E-state index contributed by atoms with van der Waals surface area (Å²) in [4.78, 5) is 0. The minimum Gasteiger partial charge on any atom is -0.375 e. The molecule has 1 aromatic rings. The SMILES string of the molecule is NNC(CCOCC(F)F)c1ccc(C(F)(F)F)c(F)c1. The molecular weight excluding hydrogens is 302 g/mol. The minimum absolute atomic E-state index is 0.0954. The van der Waals surface area contributed by atoms with Gasteiger partial charge in [0.25, 0.3) is 6.43 Å². The standard InChI is InChI=1S/C12H14F6N2O/c13-9-5-7(1-2-8(9)12(16,17)18)10(20-19)3-4-21-6-11(14)15/h1-2,5,10-11,20H,3-4,6,19H2. The van der Waals surface area contributed by atoms with Crippen LogP contribution < -0.4 is 11.3 Å². The summed E-state index contributed by atoms with van der Waals surface area (Å²) in [5.41, 5.74) is 1.07. The Morgan fingerprint density at radius 3 is 2.38 bits per heavy atom. The molecule has 120 valence electrons. The maximum absolute atomic E-state index is 13.4. The van der Waals surface area contributed by atoms with E-state index >= 15 is 0 Å². The van der Waals surface area contributed by atoms with Crippen molar-refractivity contribution in [2.45, 2.75) is 25.1 Å². The number of nitrogens with two attached hydrogens (primary N) is 1. The van der Waals surface area contributed by atoms with Gasteiger partial charge in [0.2, 0.25) is 0 Å². The van der Waals surface area contributed by atoms with Crippen molar-refractivity contribution in [3.63, 3.8) is 0 Å². The molecule has 9 heteroatoms. The van der Waals surface area contributed by atoms with Gasteiger partial charge in [-0.2, -0.15) is 13.2 Å². The molecule has 0 aliphatic rings. The maximum atomic E-state index is 13.4. The zero-order valence-electron chi connectivity index (χ0n) is 10.8. The number of ether oxygens (including phenoxy) is 1. The van der Waals surface area contributed by atoms with Crippen LogP contribution in [0.25, 0.3) is 0 Å². The van der Waals surface area contributed by atoms with Gasteiger partial charge in [-0.05, 0) is 24.1 Å². The second-order valence-corrected chi connectivity index (χ2v) is 4.21. The van der Waals surface area contributed by atoms with Crippen molar-refractivity contribution in [3.05, 3.63) is 35.1 Å². The quantitative estimate of drug-likeness (QED) is 0.352. The van der Waals surface area contributed by atoms with Gasteiger partial charge >= 0.3 is 6.18 Å². The molecule has 3 N–H and O–H groups in total. The van der Waals surface area contributed by atoms with Crippen LogP contribution in [-0.2, 0) is 10.9 Å². The van der Waals surface area contributed by atoms with Crippen LogP contribution in [0.15, 0.2) is 18.2 Å². The molecule has 0 radical (unpaired) electrons. The molecule has 0 spiro atoms. The average molecular weight is 316 g/mol. The predicted molar refractivity (Wildman–Crippen MR) is 62.9 cm³/mol. The third-order valence-corrected chi connectivity index (χ3v) is 2.70. The minimum atomic E-state index is -4.78. The number of alkyl halides is 5. The van der Waals surface area contributed by atoms with E-state index in [4.69, 9.17) is 5.84 Å². The van der Waals surface area contributed by atoms with Crippen LogP contribution in [0.2, 0.25) is 0 Å². The van der Waals surface area contributed by atoms with Crippen LogP contribution in [0.3, 0.4) is 0 Å². The number of nitrogens with one attached hydrogen (secondary N) is 1. The number of rotatable bonds is 7. The predicted octanol–water partition coefficient (Wildman–Crippen LogP) is 3.02. The Balaban J connectivity index is 2.71. The van der Waals surface area contributed by atoms with Crippen molar-refractivity contribution in [2.24, 2.45) is 5.84 Å². The summed E-state index contributed by atoms with van der Waals surface area (Å²) in [6.07, 6.45) is -7.29. The largest absolute Gasteiger partial charge is 0.419 e. The third kappa shape index (κ3) is 5.52. The van der Waals surface area contributed by atoms with Crippen molar-refractivity contribution >= 4 is 0 Å². The maximum Gasteiger partial charge on any atom is 0.419 e. The second kappa shape index (κ2) is 7.62. The number of hydrogen-bond acceptors (Lipinski definition) is 3. The molecule has 0 saturated heterocycles. The van der Waals surface area contributed by atoms with Crippen molar-refractivity contribution in [3.8, 4) is 0 Å². The van der Waals surface area contributed by atoms with E-state index in [0.717, 1.165) is 6.07 Å². The lowest BCUT2D eigenvalue weighted by Gasteiger charge is -2.17. The fourth-order valence-corrected chi connectivity index (χ4v) is 1.70. The van der Waals surface area contributed by atoms with E-state index in [1.165, 1.54) is 0 Å². The monoisotopic (exact) mass is 316 g/mol. The Morgan fingerprint density at radius 1 is 1.24 bits per heavy atom. The summed E-state index contributed by atoms with van der Waals surface area (Å²) in [6, 6.07) is 1.68. The highest BCUT2D eigenvalue weighted by Gasteiger charge is 2.34. The zero-order valence-corrected chi connectivity index (χ0v) is 10.8. The van der Waals surface area contributed by atoms with Crippen LogP contribution in [0.1, 0.15) is 23.6 Å². The summed E-state index contributed by atoms with van der Waals surface area (Å²) < 4.78 is 79.0. The normalized spacial score (nSPS) is 13.7. The molecular formula is C12H14F6N2O. The molecule has 21 heavy (non-hydrogen) atoms. The van der Waals surface area contributed by atoms with Gasteiger partial charge in [0.1, 0.15) is 12.4 Å². The molecule has 0 aliphatic carbocycles. The van der Waals surface area contributed by atoms with E-state index in [9.17, 15) is 26.3 Å². The Morgan fingerprint density at radius 2 is 1.90 bits per heavy atom. The highest BCUT2D eigenvalue weighted by molar-refractivity contribution is 5.28. The molecule has 0 fully saturated rings. The first-order valence-electron chi connectivity index (χ1n) is 5.94. The van der Waals surface area contributed by atoms with Gasteiger partial charge in [-0.25, -0.2) is 13.2 Å². The van der Waals surface area contributed by atoms with E-state index in [1.54, 1.807) is 0 Å². The number of hydrogen-bond donors (Lipinski definition) is 2. The summed E-state index contributed by atoms with van der Waals surface area (Å²) >= 11 is 0. The molecule has 1 aromatic carbocycles. The fourth-order valence-electron chi connectivity index (χ4n) is 1.70. The molecule has 0 amide bonds. The molecule has 1 atom stereocenters. The van der Waals surface area contributed by atoms with E-state index in [0.29, 0.717) is 12.1 Å². The van der Waals surface area contributed by atoms with Gasteiger partial charge in [0.05, 0.1) is 5.56 Å². The zero-order chi connectivity index (χ0) is 16.0. The first kappa shape index (κ1) is 17.7. The van der Waals surface area contributed by atoms with E-state index < -0.39 is 36.6 Å². The highest BCUT2D eigenvalue weighted by atomic mass is 19.4. The lowest BCUT2D eigenvalue weighted by atomic mass is 10.0. The van der Waals surface area contributed by atoms with E-state index in [2.05, 4.69) is 10.2 Å². The first-order chi connectivity index (χ1) is 9.75. The molecule has 1 unspecified atom stereocenters. The van der Waals surface area contributed by atoms with Gasteiger partial charge in [-0.1, -0.05) is 6.07 Å². The van der Waals surface area contributed by atoms with Gasteiger partial charge in [-0.3, -0.25) is 11.3 Å². The molecule has 1 rings (SSSR count). The highest BCUT2D eigenvalue weighted by Crippen LogP contribution is 2.32. The van der Waals surface area contributed by atoms with Crippen molar-refractivity contribution in [1.82, 2.24) is 5.43 Å². The Labute approximate surface area is 117 Å². The van der Waals surface area contributed by atoms with Crippen LogP contribution in [0, 0.1) is 5.82 Å². The van der Waals surface area contributed by atoms with Crippen molar-refractivity contribution < 1.29 is 31.1 Å². The Kier molecular flexibility index (Phi) is 6.43. The molecule has 0 aliphatic heterocycles. The smallest absolute Gasteiger partial charge is 0.375 e. The number of benzene rings is 1. The summed E-state index contributed by atoms with van der Waals surface area (Å²) in [6.45, 7) is -0.847. The number of halogens is 6. The summed E-state index contributed by atoms with van der Waals surface area (Å²) in [5, 5.41) is 0. The lowest BCUT2D eigenvalue weighted by molar-refractivity contribution is -0.140. The average Bonchev–Trinajstić information content (AvgIpc) is 2.36. The fraction of sp³-hybridized carbons (Fsp3) is 0.500.